The van der Waals surface area contributed by atoms with Crippen molar-refractivity contribution < 1.29 is 5.11 Å². The van der Waals surface area contributed by atoms with E-state index < -0.39 is 6.10 Å². The number of piperidine rings is 1. The number of aliphatic hydroxyl groups is 1. The molecule has 9 nitrogen and oxygen atoms in total. The molecule has 0 bridgehead atoms. The third-order valence-electron chi connectivity index (χ3n) is 7.10. The molecule has 4 heterocycles. The van der Waals surface area contributed by atoms with E-state index in [-0.39, 0.29) is 5.41 Å². The van der Waals surface area contributed by atoms with Crippen LogP contribution in [0.1, 0.15) is 24.0 Å². The van der Waals surface area contributed by atoms with E-state index in [1.54, 1.807) is 10.9 Å². The molecule has 184 valence electrons. The fraction of sp³-hybridized carbons (Fsp3) is 0.423. The van der Waals surface area contributed by atoms with Crippen LogP contribution in [-0.4, -0.2) is 74.2 Å². The van der Waals surface area contributed by atoms with Gasteiger partial charge in [0.25, 0.3) is 0 Å². The van der Waals surface area contributed by atoms with Gasteiger partial charge in [0.2, 0.25) is 5.95 Å². The quantitative estimate of drug-likeness (QED) is 0.426. The average molecular weight is 475 g/mol. The highest BCUT2D eigenvalue weighted by molar-refractivity contribution is 5.71. The van der Waals surface area contributed by atoms with E-state index in [0.29, 0.717) is 12.5 Å². The Bertz CT molecular complexity index is 1280. The normalized spacial score (nSPS) is 16.7. The zero-order chi connectivity index (χ0) is 24.6. The van der Waals surface area contributed by atoms with E-state index in [0.717, 1.165) is 43.0 Å². The molecule has 1 unspecified atom stereocenters. The number of nitrogens with one attached hydrogen (secondary N) is 1. The zero-order valence-corrected chi connectivity index (χ0v) is 20.9. The lowest BCUT2D eigenvalue weighted by molar-refractivity contribution is 0.0411. The summed E-state index contributed by atoms with van der Waals surface area (Å²) in [7, 11) is 5.91. The Morgan fingerprint density at radius 1 is 1.14 bits per heavy atom. The molecule has 3 aromatic heterocycles. The van der Waals surface area contributed by atoms with Gasteiger partial charge in [-0.25, -0.2) is 4.52 Å². The number of benzene rings is 1. The van der Waals surface area contributed by atoms with Crippen LogP contribution < -0.4 is 10.2 Å². The molecular formula is C26H34N8O. The number of aromatic nitrogens is 5. The molecule has 9 heteroatoms. The van der Waals surface area contributed by atoms with Crippen LogP contribution in [0.4, 0.5) is 17.3 Å². The van der Waals surface area contributed by atoms with Crippen molar-refractivity contribution >= 4 is 23.0 Å². The molecule has 1 saturated heterocycles. The molecule has 0 spiro atoms. The number of hydrogen-bond donors (Lipinski definition) is 2. The highest BCUT2D eigenvalue weighted by Crippen LogP contribution is 2.41. The molecular weight excluding hydrogens is 440 g/mol. The second kappa shape index (κ2) is 9.31. The number of aliphatic hydroxyl groups excluding tert-OH is 1. The van der Waals surface area contributed by atoms with Crippen molar-refractivity contribution in [3.05, 3.63) is 66.1 Å². The van der Waals surface area contributed by atoms with Gasteiger partial charge in [0.15, 0.2) is 5.65 Å². The lowest BCUT2D eigenvalue weighted by Crippen LogP contribution is -2.52. The predicted molar refractivity (Wildman–Crippen MR) is 138 cm³/mol. The molecule has 0 radical (unpaired) electrons. The molecule has 4 aromatic rings. The summed E-state index contributed by atoms with van der Waals surface area (Å²) < 4.78 is 3.55. The van der Waals surface area contributed by atoms with Gasteiger partial charge in [-0.05, 0) is 51.6 Å². The van der Waals surface area contributed by atoms with Crippen molar-refractivity contribution in [2.24, 2.45) is 7.05 Å². The summed E-state index contributed by atoms with van der Waals surface area (Å²) in [5, 5.41) is 23.4. The molecule has 1 fully saturated rings. The third kappa shape index (κ3) is 4.61. The Balaban J connectivity index is 1.40. The minimum Gasteiger partial charge on any atom is -0.391 e. The fourth-order valence-electron chi connectivity index (χ4n) is 5.17. The number of pyridine rings is 1. The van der Waals surface area contributed by atoms with Gasteiger partial charge in [0, 0.05) is 44.5 Å². The van der Waals surface area contributed by atoms with E-state index in [2.05, 4.69) is 62.6 Å². The van der Waals surface area contributed by atoms with Gasteiger partial charge in [0.05, 0.1) is 23.7 Å². The maximum absolute atomic E-state index is 11.4. The first-order chi connectivity index (χ1) is 16.8. The largest absolute Gasteiger partial charge is 0.391 e. The number of fused-ring (bicyclic) bond motifs is 1. The van der Waals surface area contributed by atoms with Crippen molar-refractivity contribution in [2.75, 3.05) is 43.9 Å². The van der Waals surface area contributed by atoms with Gasteiger partial charge in [-0.2, -0.15) is 10.1 Å². The predicted octanol–water partition coefficient (Wildman–Crippen LogP) is 2.98. The summed E-state index contributed by atoms with van der Waals surface area (Å²) >= 11 is 0. The number of anilines is 3. The van der Waals surface area contributed by atoms with Gasteiger partial charge >= 0.3 is 0 Å². The van der Waals surface area contributed by atoms with Crippen molar-refractivity contribution in [3.8, 4) is 0 Å². The molecule has 0 amide bonds. The second-order valence-electron chi connectivity index (χ2n) is 9.91. The maximum Gasteiger partial charge on any atom is 0.247 e. The first-order valence-corrected chi connectivity index (χ1v) is 12.1. The van der Waals surface area contributed by atoms with Crippen LogP contribution in [0.5, 0.6) is 0 Å². The van der Waals surface area contributed by atoms with E-state index in [1.165, 1.54) is 11.1 Å². The average Bonchev–Trinajstić information content (AvgIpc) is 3.44. The van der Waals surface area contributed by atoms with Gasteiger partial charge in [0.1, 0.15) is 0 Å². The fourth-order valence-corrected chi connectivity index (χ4v) is 5.17. The van der Waals surface area contributed by atoms with E-state index in [4.69, 9.17) is 4.98 Å². The lowest BCUT2D eigenvalue weighted by atomic mass is 9.68. The lowest BCUT2D eigenvalue weighted by Gasteiger charge is -2.46. The Kier molecular flexibility index (Phi) is 6.21. The molecule has 5 rings (SSSR count). The van der Waals surface area contributed by atoms with Gasteiger partial charge in [-0.1, -0.05) is 29.8 Å². The molecule has 1 aromatic carbocycles. The van der Waals surface area contributed by atoms with Gasteiger partial charge in [-0.3, -0.25) is 4.68 Å². The van der Waals surface area contributed by atoms with Crippen LogP contribution in [0, 0.1) is 6.92 Å². The van der Waals surface area contributed by atoms with Crippen molar-refractivity contribution in [1.29, 1.82) is 0 Å². The molecule has 0 saturated carbocycles. The molecule has 0 aliphatic carbocycles. The highest BCUT2D eigenvalue weighted by Gasteiger charge is 2.42. The topological polar surface area (TPSA) is 86.8 Å². The summed E-state index contributed by atoms with van der Waals surface area (Å²) in [6.07, 6.45) is 6.84. The summed E-state index contributed by atoms with van der Waals surface area (Å²) in [5.74, 6) is 0.540. The molecule has 1 aliphatic rings. The van der Waals surface area contributed by atoms with Crippen LogP contribution in [0.15, 0.2) is 55.0 Å². The van der Waals surface area contributed by atoms with Gasteiger partial charge in [-0.15, -0.1) is 5.10 Å². The Labute approximate surface area is 206 Å². The Morgan fingerprint density at radius 3 is 2.54 bits per heavy atom. The Morgan fingerprint density at radius 2 is 1.89 bits per heavy atom. The number of rotatable bonds is 7. The van der Waals surface area contributed by atoms with Crippen LogP contribution in [-0.2, 0) is 12.5 Å². The highest BCUT2D eigenvalue weighted by atomic mass is 16.3. The van der Waals surface area contributed by atoms with Crippen LogP contribution in [0.2, 0.25) is 0 Å². The minimum atomic E-state index is -0.443. The van der Waals surface area contributed by atoms with E-state index in [1.807, 2.05) is 44.1 Å². The first-order valence-electron chi connectivity index (χ1n) is 12.1. The third-order valence-corrected chi connectivity index (χ3v) is 7.10. The summed E-state index contributed by atoms with van der Waals surface area (Å²) in [6, 6.07) is 12.8. The van der Waals surface area contributed by atoms with Crippen LogP contribution in [0.3, 0.4) is 0 Å². The number of nitrogens with zero attached hydrogens (tertiary/aromatic N) is 7. The summed E-state index contributed by atoms with van der Waals surface area (Å²) in [4.78, 5) is 9.21. The summed E-state index contributed by atoms with van der Waals surface area (Å²) in [6.45, 7) is 4.40. The molecule has 1 aliphatic heterocycles. The second-order valence-corrected chi connectivity index (χ2v) is 9.91. The van der Waals surface area contributed by atoms with Gasteiger partial charge < -0.3 is 20.2 Å². The van der Waals surface area contributed by atoms with E-state index in [9.17, 15) is 5.11 Å². The monoisotopic (exact) mass is 474 g/mol. The van der Waals surface area contributed by atoms with Crippen LogP contribution >= 0.6 is 0 Å². The van der Waals surface area contributed by atoms with Crippen molar-refractivity contribution in [3.63, 3.8) is 0 Å². The molecule has 2 N–H and O–H groups in total. The molecule has 35 heavy (non-hydrogen) atoms. The Hall–Kier alpha value is -3.43. The minimum absolute atomic E-state index is 0.278. The smallest absolute Gasteiger partial charge is 0.247 e. The standard InChI is InChI=1S/C26H34N8O/c1-19-7-9-20(10-8-19)26(23(35)18-31(2)3)11-14-33(15-12-26)22-6-5-13-34-24(22)29-25(30-34)28-21-16-27-32(4)17-21/h5-10,13,16-17,23,35H,11-12,14-15,18H2,1-4H3,(H,28,30). The summed E-state index contributed by atoms with van der Waals surface area (Å²) in [5.41, 5.74) is 4.90. The number of likely N-dealkylation sites (N-methyl/N-ethyl adjacent to an activating group) is 1. The maximum atomic E-state index is 11.4. The zero-order valence-electron chi connectivity index (χ0n) is 20.9. The number of hydrogen-bond acceptors (Lipinski definition) is 7. The van der Waals surface area contributed by atoms with E-state index >= 15 is 0 Å². The van der Waals surface area contributed by atoms with Crippen LogP contribution in [0.25, 0.3) is 5.65 Å². The SMILES string of the molecule is Cc1ccc(C2(C(O)CN(C)C)CCN(c3cccn4nc(Nc5cnn(C)c5)nc34)CC2)cc1. The first kappa shape index (κ1) is 23.3. The van der Waals surface area contributed by atoms with Crippen molar-refractivity contribution in [2.45, 2.75) is 31.3 Å². The van der Waals surface area contributed by atoms with Crippen molar-refractivity contribution in [1.82, 2.24) is 29.3 Å². The molecule has 1 atom stereocenters. The number of aryl methyl sites for hydroxylation is 2.